The summed E-state index contributed by atoms with van der Waals surface area (Å²) >= 11 is 0. The molecule has 0 aliphatic carbocycles. The lowest BCUT2D eigenvalue weighted by atomic mass is 10.0. The summed E-state index contributed by atoms with van der Waals surface area (Å²) in [4.78, 5) is 23.1. The van der Waals surface area contributed by atoms with Crippen LogP contribution in [0.5, 0.6) is 5.75 Å². The van der Waals surface area contributed by atoms with E-state index in [9.17, 15) is 9.59 Å². The van der Waals surface area contributed by atoms with Gasteiger partial charge in [-0.2, -0.15) is 0 Å². The normalized spacial score (nSPS) is 9.85. The van der Waals surface area contributed by atoms with E-state index in [2.05, 4.69) is 4.74 Å². The number of benzene rings is 2. The minimum absolute atomic E-state index is 0.0508. The zero-order chi connectivity index (χ0) is 14.4. The van der Waals surface area contributed by atoms with Crippen LogP contribution in [0.2, 0.25) is 0 Å². The van der Waals surface area contributed by atoms with E-state index in [0.717, 1.165) is 0 Å². The number of carbonyl (C=O) groups excluding carboxylic acids is 2. The fraction of sp³-hybridized carbons (Fsp3) is 0.125. The molecule has 0 heterocycles. The SMILES string of the molecule is COC(=O)COc1ccc(C(=O)c2ccccc2)cc1. The maximum absolute atomic E-state index is 12.2. The first-order chi connectivity index (χ1) is 9.70. The van der Waals surface area contributed by atoms with Crippen LogP contribution in [0.15, 0.2) is 54.6 Å². The molecule has 0 amide bonds. The van der Waals surface area contributed by atoms with Crippen molar-refractivity contribution >= 4 is 11.8 Å². The van der Waals surface area contributed by atoms with E-state index >= 15 is 0 Å². The molecular formula is C16H14O4. The van der Waals surface area contributed by atoms with Gasteiger partial charge in [-0.15, -0.1) is 0 Å². The summed E-state index contributed by atoms with van der Waals surface area (Å²) in [5.74, 6) is 0.0135. The summed E-state index contributed by atoms with van der Waals surface area (Å²) in [7, 11) is 1.30. The largest absolute Gasteiger partial charge is 0.482 e. The second-order valence-electron chi connectivity index (χ2n) is 4.08. The molecule has 0 aromatic heterocycles. The van der Waals surface area contributed by atoms with Gasteiger partial charge in [-0.05, 0) is 24.3 Å². The number of carbonyl (C=O) groups is 2. The molecule has 0 fully saturated rings. The molecular weight excluding hydrogens is 256 g/mol. The van der Waals surface area contributed by atoms with Crippen LogP contribution in [-0.4, -0.2) is 25.5 Å². The van der Waals surface area contributed by atoms with Gasteiger partial charge in [0.15, 0.2) is 12.4 Å². The van der Waals surface area contributed by atoms with Gasteiger partial charge in [-0.25, -0.2) is 4.79 Å². The molecule has 4 heteroatoms. The number of rotatable bonds is 5. The Morgan fingerprint density at radius 3 is 2.10 bits per heavy atom. The van der Waals surface area contributed by atoms with E-state index in [1.54, 1.807) is 36.4 Å². The van der Waals surface area contributed by atoms with Crippen molar-refractivity contribution in [1.82, 2.24) is 0 Å². The zero-order valence-corrected chi connectivity index (χ0v) is 11.0. The molecule has 20 heavy (non-hydrogen) atoms. The van der Waals surface area contributed by atoms with Crippen molar-refractivity contribution in [3.63, 3.8) is 0 Å². The smallest absolute Gasteiger partial charge is 0.343 e. The van der Waals surface area contributed by atoms with Crippen molar-refractivity contribution in [3.8, 4) is 5.75 Å². The van der Waals surface area contributed by atoms with Gasteiger partial charge in [0.1, 0.15) is 5.75 Å². The van der Waals surface area contributed by atoms with E-state index in [1.165, 1.54) is 7.11 Å². The van der Waals surface area contributed by atoms with Crippen LogP contribution in [0.4, 0.5) is 0 Å². The number of esters is 1. The Morgan fingerprint density at radius 2 is 1.50 bits per heavy atom. The molecule has 0 saturated carbocycles. The minimum Gasteiger partial charge on any atom is -0.482 e. The van der Waals surface area contributed by atoms with Crippen LogP contribution >= 0.6 is 0 Å². The number of hydrogen-bond acceptors (Lipinski definition) is 4. The number of ether oxygens (including phenoxy) is 2. The Labute approximate surface area is 116 Å². The average Bonchev–Trinajstić information content (AvgIpc) is 2.53. The summed E-state index contributed by atoms with van der Waals surface area (Å²) in [5.41, 5.74) is 1.21. The first-order valence-corrected chi connectivity index (χ1v) is 6.10. The van der Waals surface area contributed by atoms with E-state index in [4.69, 9.17) is 4.74 Å². The second-order valence-corrected chi connectivity index (χ2v) is 4.08. The number of methoxy groups -OCH3 is 1. The van der Waals surface area contributed by atoms with Crippen molar-refractivity contribution in [2.24, 2.45) is 0 Å². The summed E-state index contributed by atoms with van der Waals surface area (Å²) in [6, 6.07) is 15.7. The molecule has 102 valence electrons. The zero-order valence-electron chi connectivity index (χ0n) is 11.0. The molecule has 0 bridgehead atoms. The van der Waals surface area contributed by atoms with Gasteiger partial charge >= 0.3 is 5.97 Å². The molecule has 0 aliphatic heterocycles. The van der Waals surface area contributed by atoms with E-state index in [-0.39, 0.29) is 12.4 Å². The third kappa shape index (κ3) is 3.45. The van der Waals surface area contributed by atoms with E-state index in [1.807, 2.05) is 18.2 Å². The van der Waals surface area contributed by atoms with Crippen molar-refractivity contribution in [2.75, 3.05) is 13.7 Å². The van der Waals surface area contributed by atoms with Gasteiger partial charge in [0.05, 0.1) is 7.11 Å². The summed E-state index contributed by atoms with van der Waals surface area (Å²) in [6.07, 6.45) is 0. The molecule has 0 N–H and O–H groups in total. The third-order valence-electron chi connectivity index (χ3n) is 2.74. The standard InChI is InChI=1S/C16H14O4/c1-19-15(17)11-20-14-9-7-13(8-10-14)16(18)12-5-3-2-4-6-12/h2-10H,11H2,1H3. The Balaban J connectivity index is 2.05. The highest BCUT2D eigenvalue weighted by molar-refractivity contribution is 6.08. The Kier molecular flexibility index (Phi) is 4.50. The molecule has 0 radical (unpaired) electrons. The molecule has 0 saturated heterocycles. The van der Waals surface area contributed by atoms with Gasteiger partial charge in [0.2, 0.25) is 0 Å². The fourth-order valence-corrected chi connectivity index (χ4v) is 1.66. The topological polar surface area (TPSA) is 52.6 Å². The fourth-order valence-electron chi connectivity index (χ4n) is 1.66. The highest BCUT2D eigenvalue weighted by Gasteiger charge is 2.08. The Bertz CT molecular complexity index is 588. The average molecular weight is 270 g/mol. The highest BCUT2D eigenvalue weighted by Crippen LogP contribution is 2.15. The highest BCUT2D eigenvalue weighted by atomic mass is 16.6. The van der Waals surface area contributed by atoms with Gasteiger partial charge in [0, 0.05) is 11.1 Å². The maximum Gasteiger partial charge on any atom is 0.343 e. The summed E-state index contributed by atoms with van der Waals surface area (Å²) in [6.45, 7) is -0.150. The Hall–Kier alpha value is -2.62. The Morgan fingerprint density at radius 1 is 0.900 bits per heavy atom. The van der Waals surface area contributed by atoms with Crippen LogP contribution in [0.25, 0.3) is 0 Å². The third-order valence-corrected chi connectivity index (χ3v) is 2.74. The lowest BCUT2D eigenvalue weighted by Crippen LogP contribution is -2.12. The van der Waals surface area contributed by atoms with E-state index in [0.29, 0.717) is 16.9 Å². The monoisotopic (exact) mass is 270 g/mol. The molecule has 4 nitrogen and oxygen atoms in total. The lowest BCUT2D eigenvalue weighted by Gasteiger charge is -2.06. The first kappa shape index (κ1) is 13.8. The van der Waals surface area contributed by atoms with Gasteiger partial charge in [-0.1, -0.05) is 30.3 Å². The van der Waals surface area contributed by atoms with Gasteiger partial charge in [0.25, 0.3) is 0 Å². The predicted octanol–water partition coefficient (Wildman–Crippen LogP) is 2.47. The molecule has 0 unspecified atom stereocenters. The minimum atomic E-state index is -0.450. The summed E-state index contributed by atoms with van der Waals surface area (Å²) < 4.78 is 9.69. The van der Waals surface area contributed by atoms with Gasteiger partial charge < -0.3 is 9.47 Å². The number of ketones is 1. The van der Waals surface area contributed by atoms with Crippen LogP contribution < -0.4 is 4.74 Å². The van der Waals surface area contributed by atoms with Crippen molar-refractivity contribution < 1.29 is 19.1 Å². The predicted molar refractivity (Wildman–Crippen MR) is 73.8 cm³/mol. The lowest BCUT2D eigenvalue weighted by molar-refractivity contribution is -0.142. The van der Waals surface area contributed by atoms with Crippen molar-refractivity contribution in [2.45, 2.75) is 0 Å². The molecule has 0 spiro atoms. The molecule has 0 aliphatic rings. The van der Waals surface area contributed by atoms with E-state index < -0.39 is 5.97 Å². The summed E-state index contributed by atoms with van der Waals surface area (Å²) in [5, 5.41) is 0. The van der Waals surface area contributed by atoms with Crippen molar-refractivity contribution in [3.05, 3.63) is 65.7 Å². The van der Waals surface area contributed by atoms with Crippen molar-refractivity contribution in [1.29, 1.82) is 0 Å². The first-order valence-electron chi connectivity index (χ1n) is 6.10. The number of hydrogen-bond donors (Lipinski definition) is 0. The maximum atomic E-state index is 12.2. The van der Waals surface area contributed by atoms with Crippen LogP contribution in [0.3, 0.4) is 0 Å². The van der Waals surface area contributed by atoms with Crippen LogP contribution in [0, 0.1) is 0 Å². The molecule has 2 aromatic rings. The second kappa shape index (κ2) is 6.52. The molecule has 2 rings (SSSR count). The van der Waals surface area contributed by atoms with Crippen LogP contribution in [-0.2, 0) is 9.53 Å². The molecule has 2 aromatic carbocycles. The molecule has 0 atom stereocenters. The van der Waals surface area contributed by atoms with Gasteiger partial charge in [-0.3, -0.25) is 4.79 Å². The van der Waals surface area contributed by atoms with Crippen LogP contribution in [0.1, 0.15) is 15.9 Å². The quantitative estimate of drug-likeness (QED) is 0.618.